The van der Waals surface area contributed by atoms with Gasteiger partial charge in [0.25, 0.3) is 0 Å². The molecule has 0 aliphatic carbocycles. The van der Waals surface area contributed by atoms with Crippen LogP contribution in [0.4, 0.5) is 0 Å². The average Bonchev–Trinajstić information content (AvgIpc) is 3.66. The Balaban J connectivity index is 1.21. The monoisotopic (exact) mass is 458 g/mol. The van der Waals surface area contributed by atoms with E-state index in [1.807, 2.05) is 48.5 Å². The summed E-state index contributed by atoms with van der Waals surface area (Å²) >= 11 is 0. The lowest BCUT2D eigenvalue weighted by molar-refractivity contribution is -0.135. The Kier molecular flexibility index (Phi) is 9.15. The number of hydrogen-bond donors (Lipinski definition) is 0. The molecule has 3 aromatic rings. The first kappa shape index (κ1) is 24.5. The number of hydrogen-bond acceptors (Lipinski definition) is 3. The Labute approximate surface area is 204 Å². The van der Waals surface area contributed by atoms with Crippen LogP contribution in [0.25, 0.3) is 10.8 Å². The second-order valence-electron chi connectivity index (χ2n) is 9.54. The van der Waals surface area contributed by atoms with Gasteiger partial charge in [-0.15, -0.1) is 0 Å². The number of benzene rings is 3. The van der Waals surface area contributed by atoms with E-state index in [1.54, 1.807) is 0 Å². The van der Waals surface area contributed by atoms with Crippen molar-refractivity contribution in [2.75, 3.05) is 0 Å². The fourth-order valence-corrected chi connectivity index (χ4v) is 4.78. The summed E-state index contributed by atoms with van der Waals surface area (Å²) in [5.41, 5.74) is 2.44. The maximum Gasteiger partial charge on any atom is 0.343 e. The zero-order valence-corrected chi connectivity index (χ0v) is 20.5. The summed E-state index contributed by atoms with van der Waals surface area (Å²) in [5, 5.41) is 2.19. The number of ether oxygens (including phenoxy) is 2. The van der Waals surface area contributed by atoms with Gasteiger partial charge in [-0.05, 0) is 46.9 Å². The van der Waals surface area contributed by atoms with Gasteiger partial charge in [-0.1, -0.05) is 119 Å². The SMILES string of the molecule is CCCCCCCCCCCCc1ccccc1[C@@H]1O[C@H]1C(=O)Oc1ccc2ccccc2c1. The fourth-order valence-electron chi connectivity index (χ4n) is 4.78. The predicted molar refractivity (Wildman–Crippen MR) is 139 cm³/mol. The lowest BCUT2D eigenvalue weighted by atomic mass is 9.97. The van der Waals surface area contributed by atoms with Gasteiger partial charge in [0.15, 0.2) is 6.10 Å². The molecule has 1 saturated heterocycles. The minimum absolute atomic E-state index is 0.188. The van der Waals surface area contributed by atoms with Crippen LogP contribution >= 0.6 is 0 Å². The van der Waals surface area contributed by atoms with E-state index in [-0.39, 0.29) is 12.1 Å². The van der Waals surface area contributed by atoms with Gasteiger partial charge in [-0.2, -0.15) is 0 Å². The first-order valence-electron chi connectivity index (χ1n) is 13.2. The van der Waals surface area contributed by atoms with Gasteiger partial charge >= 0.3 is 5.97 Å². The minimum Gasteiger partial charge on any atom is -0.425 e. The van der Waals surface area contributed by atoms with Gasteiger partial charge < -0.3 is 9.47 Å². The van der Waals surface area contributed by atoms with E-state index in [0.717, 1.165) is 22.8 Å². The first-order valence-corrected chi connectivity index (χ1v) is 13.2. The minimum atomic E-state index is -0.514. The molecule has 0 radical (unpaired) electrons. The van der Waals surface area contributed by atoms with Crippen LogP contribution in [0, 0.1) is 0 Å². The van der Waals surface area contributed by atoms with Crippen molar-refractivity contribution in [2.24, 2.45) is 0 Å². The van der Waals surface area contributed by atoms with E-state index in [9.17, 15) is 4.79 Å². The zero-order valence-electron chi connectivity index (χ0n) is 20.5. The second-order valence-corrected chi connectivity index (χ2v) is 9.54. The number of esters is 1. The van der Waals surface area contributed by atoms with Gasteiger partial charge in [0.1, 0.15) is 11.9 Å². The van der Waals surface area contributed by atoms with Crippen LogP contribution in [0.2, 0.25) is 0 Å². The number of fused-ring (bicyclic) bond motifs is 1. The molecule has 0 unspecified atom stereocenters. The summed E-state index contributed by atoms with van der Waals surface area (Å²) in [6.07, 6.45) is 13.7. The molecule has 0 N–H and O–H groups in total. The van der Waals surface area contributed by atoms with E-state index in [1.165, 1.54) is 69.8 Å². The van der Waals surface area contributed by atoms with E-state index in [0.29, 0.717) is 5.75 Å². The maximum absolute atomic E-state index is 12.7. The summed E-state index contributed by atoms with van der Waals surface area (Å²) in [5.74, 6) is 0.255. The lowest BCUT2D eigenvalue weighted by Crippen LogP contribution is -2.15. The van der Waals surface area contributed by atoms with Crippen molar-refractivity contribution < 1.29 is 14.3 Å². The third-order valence-corrected chi connectivity index (χ3v) is 6.82. The Bertz CT molecular complexity index is 1060. The molecular formula is C31H38O3. The molecule has 1 heterocycles. The highest BCUT2D eigenvalue weighted by atomic mass is 16.6. The Morgan fingerprint density at radius 3 is 2.18 bits per heavy atom. The molecule has 4 rings (SSSR count). The quantitative estimate of drug-likeness (QED) is 0.105. The summed E-state index contributed by atoms with van der Waals surface area (Å²) in [4.78, 5) is 12.7. The summed E-state index contributed by atoms with van der Waals surface area (Å²) in [6.45, 7) is 2.27. The molecule has 180 valence electrons. The number of carbonyl (C=O) groups is 1. The molecule has 0 aromatic heterocycles. The van der Waals surface area contributed by atoms with Crippen molar-refractivity contribution in [3.8, 4) is 5.75 Å². The van der Waals surface area contributed by atoms with Crippen molar-refractivity contribution >= 4 is 16.7 Å². The summed E-state index contributed by atoms with van der Waals surface area (Å²) < 4.78 is 11.4. The molecule has 0 amide bonds. The second kappa shape index (κ2) is 12.7. The number of rotatable bonds is 14. The molecule has 1 aliphatic rings. The molecule has 3 aromatic carbocycles. The summed E-state index contributed by atoms with van der Waals surface area (Å²) in [6, 6.07) is 22.2. The maximum atomic E-state index is 12.7. The molecule has 0 spiro atoms. The molecule has 3 heteroatoms. The zero-order chi connectivity index (χ0) is 23.6. The number of carbonyl (C=O) groups excluding carboxylic acids is 1. The van der Waals surface area contributed by atoms with Crippen molar-refractivity contribution in [3.63, 3.8) is 0 Å². The molecule has 1 fully saturated rings. The van der Waals surface area contributed by atoms with Crippen LogP contribution in [0.5, 0.6) is 5.75 Å². The lowest BCUT2D eigenvalue weighted by Gasteiger charge is -2.08. The molecular weight excluding hydrogens is 420 g/mol. The van der Waals surface area contributed by atoms with E-state index in [2.05, 4.69) is 25.1 Å². The smallest absolute Gasteiger partial charge is 0.343 e. The van der Waals surface area contributed by atoms with E-state index >= 15 is 0 Å². The van der Waals surface area contributed by atoms with Gasteiger partial charge in [-0.25, -0.2) is 4.79 Å². The van der Waals surface area contributed by atoms with Crippen molar-refractivity contribution in [3.05, 3.63) is 77.9 Å². The fraction of sp³-hybridized carbons (Fsp3) is 0.452. The average molecular weight is 459 g/mol. The molecule has 1 aliphatic heterocycles. The first-order chi connectivity index (χ1) is 16.8. The topological polar surface area (TPSA) is 38.8 Å². The highest BCUT2D eigenvalue weighted by Gasteiger charge is 2.48. The largest absolute Gasteiger partial charge is 0.425 e. The Morgan fingerprint density at radius 2 is 1.41 bits per heavy atom. The van der Waals surface area contributed by atoms with Crippen LogP contribution in [-0.2, 0) is 16.0 Å². The van der Waals surface area contributed by atoms with Crippen LogP contribution in [0.15, 0.2) is 66.7 Å². The normalized spacial score (nSPS) is 17.1. The molecule has 2 atom stereocenters. The number of epoxide rings is 1. The Hall–Kier alpha value is -2.65. The van der Waals surface area contributed by atoms with Gasteiger partial charge in [0.2, 0.25) is 0 Å². The highest BCUT2D eigenvalue weighted by Crippen LogP contribution is 2.41. The Morgan fingerprint density at radius 1 is 0.765 bits per heavy atom. The van der Waals surface area contributed by atoms with E-state index < -0.39 is 6.10 Å². The van der Waals surface area contributed by atoms with Crippen molar-refractivity contribution in [1.29, 1.82) is 0 Å². The molecule has 3 nitrogen and oxygen atoms in total. The predicted octanol–water partition coefficient (Wildman–Crippen LogP) is 8.35. The van der Waals surface area contributed by atoms with Crippen LogP contribution in [0.1, 0.15) is 88.4 Å². The third-order valence-electron chi connectivity index (χ3n) is 6.82. The van der Waals surface area contributed by atoms with E-state index in [4.69, 9.17) is 9.47 Å². The third kappa shape index (κ3) is 6.93. The molecule has 34 heavy (non-hydrogen) atoms. The van der Waals surface area contributed by atoms with Gasteiger partial charge in [0, 0.05) is 0 Å². The van der Waals surface area contributed by atoms with Crippen molar-refractivity contribution in [2.45, 2.75) is 89.8 Å². The molecule has 0 saturated carbocycles. The van der Waals surface area contributed by atoms with Crippen molar-refractivity contribution in [1.82, 2.24) is 0 Å². The standard InChI is InChI=1S/C31H38O3/c1-2-3-4-5-6-7-8-9-10-11-17-25-18-14-15-20-28(25)29-30(34-29)31(32)33-27-22-21-24-16-12-13-19-26(24)23-27/h12-16,18-23,29-30H,2-11,17H2,1H3/t29-,30+/m0/s1. The summed E-state index contributed by atoms with van der Waals surface area (Å²) in [7, 11) is 0. The molecule has 0 bridgehead atoms. The van der Waals surface area contributed by atoms with Gasteiger partial charge in [-0.3, -0.25) is 0 Å². The highest BCUT2D eigenvalue weighted by molar-refractivity contribution is 5.86. The van der Waals surface area contributed by atoms with Crippen LogP contribution in [0.3, 0.4) is 0 Å². The van der Waals surface area contributed by atoms with Crippen LogP contribution in [-0.4, -0.2) is 12.1 Å². The van der Waals surface area contributed by atoms with Crippen LogP contribution < -0.4 is 4.74 Å². The van der Waals surface area contributed by atoms with Gasteiger partial charge in [0.05, 0.1) is 0 Å². The number of aryl methyl sites for hydroxylation is 1. The number of unbranched alkanes of at least 4 members (excludes halogenated alkanes) is 9.